The second-order valence-corrected chi connectivity index (χ2v) is 8.48. The largest absolute Gasteiger partial charge is 0.461 e. The average molecular weight is 402 g/mol. The van der Waals surface area contributed by atoms with E-state index in [1.807, 2.05) is 4.90 Å². The molecule has 0 saturated carbocycles. The van der Waals surface area contributed by atoms with E-state index in [-0.39, 0.29) is 29.2 Å². The molecule has 0 aliphatic carbocycles. The summed E-state index contributed by atoms with van der Waals surface area (Å²) in [5, 5.41) is 0. The first-order valence-electron chi connectivity index (χ1n) is 9.04. The predicted molar refractivity (Wildman–Crippen MR) is 101 cm³/mol. The van der Waals surface area contributed by atoms with E-state index in [0.717, 1.165) is 6.42 Å². The fourth-order valence-corrected chi connectivity index (χ4v) is 4.81. The summed E-state index contributed by atoms with van der Waals surface area (Å²) >= 11 is 0. The number of nitrogens with zero attached hydrogens (tertiary/aromatic N) is 2. The van der Waals surface area contributed by atoms with E-state index in [2.05, 4.69) is 4.40 Å². The molecule has 1 fully saturated rings. The lowest BCUT2D eigenvalue weighted by molar-refractivity contribution is -0.151. The summed E-state index contributed by atoms with van der Waals surface area (Å²) in [6.07, 6.45) is 1.38. The maximum absolute atomic E-state index is 13.2. The Bertz CT molecular complexity index is 1050. The summed E-state index contributed by atoms with van der Waals surface area (Å²) in [7, 11) is -3.70. The second kappa shape index (κ2) is 7.35. The van der Waals surface area contributed by atoms with Crippen molar-refractivity contribution in [3.05, 3.63) is 65.5 Å². The Hall–Kier alpha value is -2.74. The van der Waals surface area contributed by atoms with Crippen molar-refractivity contribution in [1.29, 1.82) is 0 Å². The van der Waals surface area contributed by atoms with Gasteiger partial charge in [-0.1, -0.05) is 24.3 Å². The number of fused-ring (bicyclic) bond motifs is 1. The van der Waals surface area contributed by atoms with Crippen LogP contribution < -0.4 is 0 Å². The fourth-order valence-electron chi connectivity index (χ4n) is 3.58. The van der Waals surface area contributed by atoms with Gasteiger partial charge in [0.05, 0.1) is 5.92 Å². The summed E-state index contributed by atoms with van der Waals surface area (Å²) in [6, 6.07) is 12.6. The summed E-state index contributed by atoms with van der Waals surface area (Å²) in [5.41, 5.74) is 1.15. The summed E-state index contributed by atoms with van der Waals surface area (Å²) < 4.78 is 47.1. The highest BCUT2D eigenvalue weighted by Crippen LogP contribution is 2.30. The number of rotatable bonds is 3. The van der Waals surface area contributed by atoms with Gasteiger partial charge in [-0.3, -0.25) is 4.79 Å². The number of esters is 1. The monoisotopic (exact) mass is 402 g/mol. The van der Waals surface area contributed by atoms with Crippen molar-refractivity contribution in [1.82, 2.24) is 4.90 Å². The van der Waals surface area contributed by atoms with Gasteiger partial charge in [0, 0.05) is 18.7 Å². The Morgan fingerprint density at radius 1 is 1.21 bits per heavy atom. The van der Waals surface area contributed by atoms with Crippen LogP contribution in [-0.4, -0.2) is 38.2 Å². The van der Waals surface area contributed by atoms with Crippen LogP contribution in [0.1, 0.15) is 24.0 Å². The third kappa shape index (κ3) is 3.64. The summed E-state index contributed by atoms with van der Waals surface area (Å²) in [4.78, 5) is 14.5. The van der Waals surface area contributed by atoms with E-state index >= 15 is 0 Å². The van der Waals surface area contributed by atoms with Crippen molar-refractivity contribution in [3.8, 4) is 0 Å². The molecule has 0 radical (unpaired) electrons. The number of ether oxygens (including phenoxy) is 1. The molecule has 2 heterocycles. The lowest BCUT2D eigenvalue weighted by Crippen LogP contribution is -2.42. The van der Waals surface area contributed by atoms with Crippen molar-refractivity contribution < 1.29 is 22.3 Å². The molecule has 0 bridgehead atoms. The van der Waals surface area contributed by atoms with E-state index in [1.165, 1.54) is 18.2 Å². The van der Waals surface area contributed by atoms with Crippen LogP contribution in [0.4, 0.5) is 4.39 Å². The zero-order valence-electron chi connectivity index (χ0n) is 15.0. The lowest BCUT2D eigenvalue weighted by Gasteiger charge is -2.32. The van der Waals surface area contributed by atoms with Crippen molar-refractivity contribution in [3.63, 3.8) is 0 Å². The van der Waals surface area contributed by atoms with Gasteiger partial charge in [0.2, 0.25) is 0 Å². The van der Waals surface area contributed by atoms with E-state index in [0.29, 0.717) is 36.5 Å². The third-order valence-electron chi connectivity index (χ3n) is 4.94. The molecule has 4 rings (SSSR count). The van der Waals surface area contributed by atoms with Gasteiger partial charge in [-0.25, -0.2) is 4.39 Å². The van der Waals surface area contributed by atoms with Gasteiger partial charge >= 0.3 is 5.97 Å². The van der Waals surface area contributed by atoms with Crippen LogP contribution in [-0.2, 0) is 26.2 Å². The molecule has 0 unspecified atom stereocenters. The SMILES string of the molecule is O=C(OCc1cccc(F)c1)[C@@H]1CCCN(C2=NS(=O)(=O)c3ccccc32)C1. The van der Waals surface area contributed by atoms with Gasteiger partial charge in [0.15, 0.2) is 5.84 Å². The Kier molecular flexibility index (Phi) is 4.89. The Balaban J connectivity index is 1.46. The topological polar surface area (TPSA) is 76.0 Å². The number of hydrogen-bond donors (Lipinski definition) is 0. The number of amidine groups is 1. The molecular formula is C20H19FN2O4S. The molecule has 2 aliphatic rings. The number of carbonyl (C=O) groups is 1. The van der Waals surface area contributed by atoms with Gasteiger partial charge in [-0.05, 0) is 42.7 Å². The number of carbonyl (C=O) groups excluding carboxylic acids is 1. The third-order valence-corrected chi connectivity index (χ3v) is 6.26. The highest BCUT2D eigenvalue weighted by Gasteiger charge is 2.35. The van der Waals surface area contributed by atoms with E-state index in [9.17, 15) is 17.6 Å². The molecule has 0 amide bonds. The standard InChI is InChI=1S/C20H19FN2O4S/c21-16-7-3-5-14(11-16)13-27-20(24)15-6-4-10-23(12-15)19-17-8-1-2-9-18(17)28(25,26)22-19/h1-3,5,7-9,11,15H,4,6,10,12-13H2/t15-/m1/s1. The summed E-state index contributed by atoms with van der Waals surface area (Å²) in [5.74, 6) is -0.751. The molecule has 2 aliphatic heterocycles. The van der Waals surface area contributed by atoms with E-state index < -0.39 is 10.0 Å². The molecule has 8 heteroatoms. The highest BCUT2D eigenvalue weighted by atomic mass is 32.2. The number of hydrogen-bond acceptors (Lipinski definition) is 5. The Morgan fingerprint density at radius 2 is 2.04 bits per heavy atom. The van der Waals surface area contributed by atoms with Gasteiger partial charge in [-0.2, -0.15) is 8.42 Å². The van der Waals surface area contributed by atoms with Gasteiger partial charge < -0.3 is 9.64 Å². The predicted octanol–water partition coefficient (Wildman–Crippen LogP) is 2.73. The molecule has 0 spiro atoms. The average Bonchev–Trinajstić information content (AvgIpc) is 2.98. The maximum atomic E-state index is 13.2. The van der Waals surface area contributed by atoms with Crippen molar-refractivity contribution >= 4 is 21.8 Å². The minimum atomic E-state index is -3.70. The van der Waals surface area contributed by atoms with Crippen molar-refractivity contribution in [2.45, 2.75) is 24.3 Å². The van der Waals surface area contributed by atoms with Gasteiger partial charge in [-0.15, -0.1) is 4.40 Å². The molecule has 1 atom stereocenters. The number of likely N-dealkylation sites (tertiary alicyclic amines) is 1. The van der Waals surface area contributed by atoms with Crippen LogP contribution >= 0.6 is 0 Å². The quantitative estimate of drug-likeness (QED) is 0.738. The molecule has 28 heavy (non-hydrogen) atoms. The Labute approximate surface area is 162 Å². The van der Waals surface area contributed by atoms with Crippen LogP contribution in [0.15, 0.2) is 57.8 Å². The van der Waals surface area contributed by atoms with Crippen LogP contribution in [0.25, 0.3) is 0 Å². The van der Waals surface area contributed by atoms with Crippen LogP contribution in [0.5, 0.6) is 0 Å². The van der Waals surface area contributed by atoms with E-state index in [1.54, 1.807) is 30.3 Å². The minimum Gasteiger partial charge on any atom is -0.461 e. The fraction of sp³-hybridized carbons (Fsp3) is 0.300. The first-order chi connectivity index (χ1) is 13.4. The molecule has 146 valence electrons. The smallest absolute Gasteiger partial charge is 0.311 e. The number of piperidine rings is 1. The Morgan fingerprint density at radius 3 is 2.86 bits per heavy atom. The molecule has 1 saturated heterocycles. The van der Waals surface area contributed by atoms with Crippen LogP contribution in [0.2, 0.25) is 0 Å². The molecule has 0 N–H and O–H groups in total. The normalized spacial score (nSPS) is 20.4. The molecule has 2 aromatic carbocycles. The molecular weight excluding hydrogens is 383 g/mol. The lowest BCUT2D eigenvalue weighted by atomic mass is 9.97. The summed E-state index contributed by atoms with van der Waals surface area (Å²) in [6.45, 7) is 0.965. The number of sulfonamides is 1. The molecule has 0 aromatic heterocycles. The molecule has 2 aromatic rings. The van der Waals surface area contributed by atoms with Gasteiger partial charge in [0.25, 0.3) is 10.0 Å². The second-order valence-electron chi connectivity index (χ2n) is 6.91. The maximum Gasteiger partial charge on any atom is 0.311 e. The van der Waals surface area contributed by atoms with Crippen molar-refractivity contribution in [2.24, 2.45) is 10.3 Å². The van der Waals surface area contributed by atoms with E-state index in [4.69, 9.17) is 4.74 Å². The highest BCUT2D eigenvalue weighted by molar-refractivity contribution is 7.90. The first-order valence-corrected chi connectivity index (χ1v) is 10.5. The van der Waals surface area contributed by atoms with Crippen LogP contribution in [0.3, 0.4) is 0 Å². The van der Waals surface area contributed by atoms with Crippen LogP contribution in [0, 0.1) is 11.7 Å². The van der Waals surface area contributed by atoms with Gasteiger partial charge in [0.1, 0.15) is 17.3 Å². The number of halogens is 1. The first kappa shape index (κ1) is 18.6. The van der Waals surface area contributed by atoms with Crippen molar-refractivity contribution in [2.75, 3.05) is 13.1 Å². The minimum absolute atomic E-state index is 0.00521. The zero-order valence-corrected chi connectivity index (χ0v) is 15.9. The number of benzene rings is 2. The molecule has 6 nitrogen and oxygen atoms in total. The zero-order chi connectivity index (χ0) is 19.7.